The molecular weight excluding hydrogens is 512 g/mol. The molecule has 0 radical (unpaired) electrons. The van der Waals surface area contributed by atoms with Gasteiger partial charge in [-0.2, -0.15) is 18.2 Å². The molecule has 0 spiro atoms. The molecule has 206 valence electrons. The van der Waals surface area contributed by atoms with Crippen molar-refractivity contribution in [1.82, 2.24) is 15.3 Å². The fourth-order valence-electron chi connectivity index (χ4n) is 5.36. The quantitative estimate of drug-likeness (QED) is 0.286. The minimum absolute atomic E-state index is 0.000302. The van der Waals surface area contributed by atoms with Crippen LogP contribution in [0.25, 0.3) is 0 Å². The Hall–Kier alpha value is -3.73. The maximum absolute atomic E-state index is 15.3. The molecule has 39 heavy (non-hydrogen) atoms. The highest BCUT2D eigenvalue weighted by Crippen LogP contribution is 2.40. The lowest BCUT2D eigenvalue weighted by Crippen LogP contribution is -2.28. The number of hydrogen-bond acceptors (Lipinski definition) is 6. The zero-order valence-electron chi connectivity index (χ0n) is 21.9. The van der Waals surface area contributed by atoms with Gasteiger partial charge in [0.2, 0.25) is 11.9 Å². The van der Waals surface area contributed by atoms with E-state index >= 15 is 4.39 Å². The highest BCUT2D eigenvalue weighted by atomic mass is 19.4. The van der Waals surface area contributed by atoms with Crippen LogP contribution < -0.4 is 21.3 Å². The van der Waals surface area contributed by atoms with E-state index in [0.717, 1.165) is 31.5 Å². The lowest BCUT2D eigenvalue weighted by Gasteiger charge is -2.24. The first kappa shape index (κ1) is 26.9. The molecule has 1 fully saturated rings. The van der Waals surface area contributed by atoms with E-state index < -0.39 is 23.0 Å². The number of amides is 1. The second kappa shape index (κ2) is 10.1. The summed E-state index contributed by atoms with van der Waals surface area (Å²) in [5.41, 5.74) is 1.54. The molecule has 0 bridgehead atoms. The number of carbonyl (C=O) groups is 1. The third-order valence-corrected chi connectivity index (χ3v) is 7.57. The second-order valence-electron chi connectivity index (χ2n) is 10.5. The van der Waals surface area contributed by atoms with Crippen molar-refractivity contribution in [2.75, 3.05) is 29.0 Å². The van der Waals surface area contributed by atoms with Gasteiger partial charge in [-0.1, -0.05) is 18.2 Å². The van der Waals surface area contributed by atoms with Gasteiger partial charge < -0.3 is 21.3 Å². The summed E-state index contributed by atoms with van der Waals surface area (Å²) in [6.45, 7) is 6.81. The summed E-state index contributed by atoms with van der Waals surface area (Å²) in [5.74, 6) is -0.911. The summed E-state index contributed by atoms with van der Waals surface area (Å²) in [5, 5.41) is 11.8. The standard InChI is InChI=1S/C28H30F4N6O/c1-15-20(8-7-18(23(15)29)16-9-11-33-12-10-16)37-26-35-14-19(28(30,31)32)24(38-26)34-13-17-5-4-6-21-22(17)27(2,3)25(39)36-21/h4-8,14,16,33H,9-13H2,1-3H3,(H,36,39)(H2,34,35,37,38). The lowest BCUT2D eigenvalue weighted by atomic mass is 9.83. The number of halogens is 4. The number of fused-ring (bicyclic) bond motifs is 1. The molecule has 3 aromatic rings. The first-order valence-corrected chi connectivity index (χ1v) is 12.9. The van der Waals surface area contributed by atoms with E-state index in [4.69, 9.17) is 0 Å². The van der Waals surface area contributed by atoms with Crippen LogP contribution in [-0.2, 0) is 22.9 Å². The number of alkyl halides is 3. The average Bonchev–Trinajstić information content (AvgIpc) is 3.14. The largest absolute Gasteiger partial charge is 0.421 e. The van der Waals surface area contributed by atoms with E-state index in [0.29, 0.717) is 34.3 Å². The molecule has 2 aliphatic rings. The van der Waals surface area contributed by atoms with Crippen molar-refractivity contribution in [3.63, 3.8) is 0 Å². The van der Waals surface area contributed by atoms with Crippen molar-refractivity contribution in [3.8, 4) is 0 Å². The third-order valence-electron chi connectivity index (χ3n) is 7.57. The van der Waals surface area contributed by atoms with Crippen molar-refractivity contribution in [2.24, 2.45) is 0 Å². The summed E-state index contributed by atoms with van der Waals surface area (Å²) in [6, 6.07) is 8.69. The van der Waals surface area contributed by atoms with Crippen molar-refractivity contribution >= 4 is 29.0 Å². The molecule has 0 saturated carbocycles. The Kier molecular flexibility index (Phi) is 6.96. The van der Waals surface area contributed by atoms with Gasteiger partial charge >= 0.3 is 6.18 Å². The van der Waals surface area contributed by atoms with Crippen LogP contribution in [0, 0.1) is 12.7 Å². The summed E-state index contributed by atoms with van der Waals surface area (Å²) < 4.78 is 56.7. The number of piperidine rings is 1. The fraction of sp³-hybridized carbons (Fsp3) is 0.393. The van der Waals surface area contributed by atoms with Crippen LogP contribution in [0.3, 0.4) is 0 Å². The van der Waals surface area contributed by atoms with Crippen molar-refractivity contribution in [3.05, 3.63) is 70.2 Å². The monoisotopic (exact) mass is 542 g/mol. The molecule has 1 amide bonds. The van der Waals surface area contributed by atoms with Gasteiger partial charge in [0.25, 0.3) is 0 Å². The molecule has 11 heteroatoms. The number of rotatable bonds is 6. The molecule has 4 N–H and O–H groups in total. The van der Waals surface area contributed by atoms with Crippen LogP contribution in [0.5, 0.6) is 0 Å². The SMILES string of the molecule is Cc1c(Nc2ncc(C(F)(F)F)c(NCc3cccc4c3C(C)(C)C(=O)N4)n2)ccc(C2CCNCC2)c1F. The number of nitrogens with zero attached hydrogens (tertiary/aromatic N) is 2. The minimum atomic E-state index is -4.70. The van der Waals surface area contributed by atoms with E-state index in [2.05, 4.69) is 31.2 Å². The maximum Gasteiger partial charge on any atom is 0.421 e. The van der Waals surface area contributed by atoms with E-state index in [-0.39, 0.29) is 30.1 Å². The number of hydrogen-bond donors (Lipinski definition) is 4. The maximum atomic E-state index is 15.3. The number of aromatic nitrogens is 2. The Balaban J connectivity index is 1.42. The topological polar surface area (TPSA) is 91.0 Å². The van der Waals surface area contributed by atoms with Crippen molar-refractivity contribution < 1.29 is 22.4 Å². The predicted octanol–water partition coefficient (Wildman–Crippen LogP) is 6.00. The van der Waals surface area contributed by atoms with Gasteiger partial charge in [-0.25, -0.2) is 9.37 Å². The third kappa shape index (κ3) is 5.15. The van der Waals surface area contributed by atoms with Crippen LogP contribution in [0.4, 0.5) is 40.7 Å². The first-order chi connectivity index (χ1) is 18.5. The van der Waals surface area contributed by atoms with Crippen LogP contribution in [0.2, 0.25) is 0 Å². The zero-order chi connectivity index (χ0) is 27.9. The number of carbonyl (C=O) groups excluding carboxylic acids is 1. The molecule has 1 saturated heterocycles. The molecule has 0 atom stereocenters. The van der Waals surface area contributed by atoms with Gasteiger partial charge in [-0.05, 0) is 81.4 Å². The van der Waals surface area contributed by atoms with Gasteiger partial charge in [0, 0.05) is 29.7 Å². The number of nitrogens with one attached hydrogen (secondary N) is 4. The van der Waals surface area contributed by atoms with E-state index in [1.807, 2.05) is 0 Å². The summed E-state index contributed by atoms with van der Waals surface area (Å²) in [6.07, 6.45) is -2.32. The number of benzene rings is 2. The highest BCUT2D eigenvalue weighted by Gasteiger charge is 2.40. The molecule has 2 aliphatic heterocycles. The Morgan fingerprint density at radius 2 is 1.87 bits per heavy atom. The Bertz CT molecular complexity index is 1420. The minimum Gasteiger partial charge on any atom is -0.365 e. The van der Waals surface area contributed by atoms with Crippen LogP contribution in [0.15, 0.2) is 36.5 Å². The van der Waals surface area contributed by atoms with Gasteiger partial charge in [0.1, 0.15) is 17.2 Å². The molecule has 5 rings (SSSR count). The van der Waals surface area contributed by atoms with E-state index in [1.54, 1.807) is 51.1 Å². The number of anilines is 4. The normalized spacial score (nSPS) is 17.1. The summed E-state index contributed by atoms with van der Waals surface area (Å²) >= 11 is 0. The predicted molar refractivity (Wildman–Crippen MR) is 142 cm³/mol. The molecule has 3 heterocycles. The molecule has 0 unspecified atom stereocenters. The van der Waals surface area contributed by atoms with Crippen LogP contribution >= 0.6 is 0 Å². The molecular formula is C28H30F4N6O. The highest BCUT2D eigenvalue weighted by molar-refractivity contribution is 6.06. The average molecular weight is 543 g/mol. The van der Waals surface area contributed by atoms with E-state index in [1.165, 1.54) is 0 Å². The zero-order valence-corrected chi connectivity index (χ0v) is 21.9. The molecule has 2 aromatic carbocycles. The Labute approximate surface area is 223 Å². The lowest BCUT2D eigenvalue weighted by molar-refractivity contribution is -0.137. The Morgan fingerprint density at radius 1 is 1.13 bits per heavy atom. The van der Waals surface area contributed by atoms with Crippen LogP contribution in [0.1, 0.15) is 60.4 Å². The van der Waals surface area contributed by atoms with E-state index in [9.17, 15) is 18.0 Å². The first-order valence-electron chi connectivity index (χ1n) is 12.9. The van der Waals surface area contributed by atoms with Gasteiger partial charge in [-0.3, -0.25) is 4.79 Å². The summed E-state index contributed by atoms with van der Waals surface area (Å²) in [4.78, 5) is 20.4. The van der Waals surface area contributed by atoms with Crippen molar-refractivity contribution in [2.45, 2.75) is 57.7 Å². The van der Waals surface area contributed by atoms with Gasteiger partial charge in [0.15, 0.2) is 0 Å². The molecule has 1 aromatic heterocycles. The van der Waals surface area contributed by atoms with Crippen molar-refractivity contribution in [1.29, 1.82) is 0 Å². The van der Waals surface area contributed by atoms with Gasteiger partial charge in [0.05, 0.1) is 5.41 Å². The Morgan fingerprint density at radius 3 is 2.59 bits per heavy atom. The summed E-state index contributed by atoms with van der Waals surface area (Å²) in [7, 11) is 0. The molecule has 7 nitrogen and oxygen atoms in total. The molecule has 0 aliphatic carbocycles. The van der Waals surface area contributed by atoms with Gasteiger partial charge in [-0.15, -0.1) is 0 Å². The fourth-order valence-corrected chi connectivity index (χ4v) is 5.36. The second-order valence-corrected chi connectivity index (χ2v) is 10.5. The smallest absolute Gasteiger partial charge is 0.365 e. The van der Waals surface area contributed by atoms with Crippen LogP contribution in [-0.4, -0.2) is 29.0 Å².